The molecule has 0 N–H and O–H groups in total. The summed E-state index contributed by atoms with van der Waals surface area (Å²) in [5.41, 5.74) is 19.4. The van der Waals surface area contributed by atoms with Crippen molar-refractivity contribution in [2.75, 3.05) is 0 Å². The lowest BCUT2D eigenvalue weighted by molar-refractivity contribution is 1.17. The number of nitrogens with zero attached hydrogens (tertiary/aromatic N) is 2. The van der Waals surface area contributed by atoms with Gasteiger partial charge in [0, 0.05) is 32.9 Å². The van der Waals surface area contributed by atoms with Crippen molar-refractivity contribution < 1.29 is 0 Å². The molecular weight excluding hydrogens is 701 g/mol. The Morgan fingerprint density at radius 3 is 1.66 bits per heavy atom. The zero-order chi connectivity index (χ0) is 38.7. The van der Waals surface area contributed by atoms with E-state index in [1.54, 1.807) is 0 Å². The number of benzene rings is 9. The first-order chi connectivity index (χ1) is 28.6. The molecule has 2 nitrogen and oxygen atoms in total. The van der Waals surface area contributed by atoms with Crippen LogP contribution in [-0.2, 0) is 0 Å². The Bertz CT molecular complexity index is 3350. The molecule has 0 bridgehead atoms. The second-order valence-corrected chi connectivity index (χ2v) is 15.4. The van der Waals surface area contributed by atoms with E-state index in [2.05, 4.69) is 229 Å². The average Bonchev–Trinajstić information content (AvgIpc) is 3.80. The summed E-state index contributed by atoms with van der Waals surface area (Å²) in [5, 5.41) is 5.01. The van der Waals surface area contributed by atoms with Crippen molar-refractivity contribution in [3.8, 4) is 55.9 Å². The van der Waals surface area contributed by atoms with Crippen molar-refractivity contribution >= 4 is 43.6 Å². The van der Waals surface area contributed by atoms with Gasteiger partial charge in [0.05, 0.1) is 22.1 Å². The van der Waals surface area contributed by atoms with Crippen molar-refractivity contribution in [3.05, 3.63) is 217 Å². The maximum Gasteiger partial charge on any atom is 0.0547 e. The molecule has 0 atom stereocenters. The Kier molecular flexibility index (Phi) is 7.97. The number of hydrogen-bond donors (Lipinski definition) is 0. The highest BCUT2D eigenvalue weighted by Crippen LogP contribution is 2.43. The second-order valence-electron chi connectivity index (χ2n) is 15.4. The fraction of sp³-hybridized carbons (Fsp3) is 0.0357. The van der Waals surface area contributed by atoms with Gasteiger partial charge in [0.2, 0.25) is 0 Å². The van der Waals surface area contributed by atoms with Crippen LogP contribution in [0, 0.1) is 13.8 Å². The van der Waals surface area contributed by atoms with Crippen LogP contribution in [0.15, 0.2) is 206 Å². The molecule has 9 aromatic carbocycles. The molecule has 0 aliphatic carbocycles. The molecule has 11 aromatic rings. The highest BCUT2D eigenvalue weighted by molar-refractivity contribution is 6.17. The summed E-state index contributed by atoms with van der Waals surface area (Å²) in [6, 6.07) is 75.5. The second kappa shape index (κ2) is 13.7. The van der Waals surface area contributed by atoms with Gasteiger partial charge in [-0.15, -0.1) is 0 Å². The highest BCUT2D eigenvalue weighted by atomic mass is 15.0. The third-order valence-electron chi connectivity index (χ3n) is 12.1. The van der Waals surface area contributed by atoms with Gasteiger partial charge in [-0.3, -0.25) is 0 Å². The van der Waals surface area contributed by atoms with E-state index in [0.29, 0.717) is 0 Å². The predicted molar refractivity (Wildman–Crippen MR) is 246 cm³/mol. The molecule has 0 aliphatic heterocycles. The molecule has 2 heterocycles. The first-order valence-corrected chi connectivity index (χ1v) is 20.1. The molecule has 0 fully saturated rings. The van der Waals surface area contributed by atoms with Crippen LogP contribution in [0.5, 0.6) is 0 Å². The first kappa shape index (κ1) is 33.9. The lowest BCUT2D eigenvalue weighted by Crippen LogP contribution is -1.99. The summed E-state index contributed by atoms with van der Waals surface area (Å²) in [6.07, 6.45) is 0. The van der Waals surface area contributed by atoms with Gasteiger partial charge in [0.1, 0.15) is 0 Å². The van der Waals surface area contributed by atoms with Gasteiger partial charge in [-0.2, -0.15) is 0 Å². The fourth-order valence-electron chi connectivity index (χ4n) is 9.31. The van der Waals surface area contributed by atoms with Gasteiger partial charge in [0.25, 0.3) is 0 Å². The van der Waals surface area contributed by atoms with Crippen LogP contribution >= 0.6 is 0 Å². The van der Waals surface area contributed by atoms with Gasteiger partial charge < -0.3 is 9.13 Å². The normalized spacial score (nSPS) is 11.6. The van der Waals surface area contributed by atoms with E-state index in [4.69, 9.17) is 0 Å². The number of rotatable bonds is 6. The Morgan fingerprint density at radius 2 is 0.845 bits per heavy atom. The highest BCUT2D eigenvalue weighted by Gasteiger charge is 2.21. The van der Waals surface area contributed by atoms with Crippen LogP contribution in [0.25, 0.3) is 99.5 Å². The molecule has 0 unspecified atom stereocenters. The van der Waals surface area contributed by atoms with Crippen molar-refractivity contribution in [2.24, 2.45) is 0 Å². The third kappa shape index (κ3) is 5.41. The summed E-state index contributed by atoms with van der Waals surface area (Å²) in [7, 11) is 0. The van der Waals surface area contributed by atoms with Crippen LogP contribution in [0.1, 0.15) is 11.1 Å². The van der Waals surface area contributed by atoms with Gasteiger partial charge >= 0.3 is 0 Å². The molecule has 0 radical (unpaired) electrons. The molecule has 0 aliphatic rings. The molecule has 0 spiro atoms. The van der Waals surface area contributed by atoms with Crippen LogP contribution < -0.4 is 0 Å². The first-order valence-electron chi connectivity index (χ1n) is 20.1. The summed E-state index contributed by atoms with van der Waals surface area (Å²) in [5.74, 6) is 0. The van der Waals surface area contributed by atoms with Crippen molar-refractivity contribution in [3.63, 3.8) is 0 Å². The monoisotopic (exact) mass is 740 g/mol. The minimum absolute atomic E-state index is 1.15. The maximum atomic E-state index is 2.49. The lowest BCUT2D eigenvalue weighted by Gasteiger charge is -2.19. The molecule has 58 heavy (non-hydrogen) atoms. The molecule has 0 saturated heterocycles. The Hall–Kier alpha value is -7.42. The average molecular weight is 741 g/mol. The summed E-state index contributed by atoms with van der Waals surface area (Å²) < 4.78 is 4.89. The minimum Gasteiger partial charge on any atom is -0.309 e. The summed E-state index contributed by atoms with van der Waals surface area (Å²) >= 11 is 0. The SMILES string of the molecule is Cc1ccccc1-c1cc(-n2c3ccccc3c3c(-c4ccc5c6ccccc6n(-c6ccccc6)c5c4)cccc32)cc(-c2cccc(-c3ccccc3)c2)c1C. The quantitative estimate of drug-likeness (QED) is 0.161. The molecule has 2 heteroatoms. The van der Waals surface area contributed by atoms with E-state index in [0.717, 1.165) is 11.4 Å². The topological polar surface area (TPSA) is 9.86 Å². The third-order valence-corrected chi connectivity index (χ3v) is 12.1. The largest absolute Gasteiger partial charge is 0.309 e. The van der Waals surface area contributed by atoms with Gasteiger partial charge in [-0.1, -0.05) is 152 Å². The van der Waals surface area contributed by atoms with E-state index in [1.165, 1.54) is 99.2 Å². The number of hydrogen-bond acceptors (Lipinski definition) is 0. The minimum atomic E-state index is 1.15. The molecule has 11 rings (SSSR count). The zero-order valence-electron chi connectivity index (χ0n) is 32.5. The van der Waals surface area contributed by atoms with Crippen molar-refractivity contribution in [2.45, 2.75) is 13.8 Å². The number of aromatic nitrogens is 2. The maximum absolute atomic E-state index is 2.49. The Morgan fingerprint density at radius 1 is 0.293 bits per heavy atom. The Labute approximate surface area is 338 Å². The Balaban J connectivity index is 1.17. The van der Waals surface area contributed by atoms with Gasteiger partial charge in [0.15, 0.2) is 0 Å². The summed E-state index contributed by atoms with van der Waals surface area (Å²) in [4.78, 5) is 0. The predicted octanol–water partition coefficient (Wildman–Crippen LogP) is 15.2. The van der Waals surface area contributed by atoms with Crippen LogP contribution in [0.2, 0.25) is 0 Å². The number of aryl methyl sites for hydroxylation is 1. The number of fused-ring (bicyclic) bond motifs is 6. The lowest BCUT2D eigenvalue weighted by atomic mass is 9.89. The van der Waals surface area contributed by atoms with Crippen LogP contribution in [0.3, 0.4) is 0 Å². The van der Waals surface area contributed by atoms with E-state index in [-0.39, 0.29) is 0 Å². The zero-order valence-corrected chi connectivity index (χ0v) is 32.5. The van der Waals surface area contributed by atoms with Crippen LogP contribution in [0.4, 0.5) is 0 Å². The molecule has 274 valence electrons. The molecular formula is C56H40N2. The van der Waals surface area contributed by atoms with Crippen LogP contribution in [-0.4, -0.2) is 9.13 Å². The van der Waals surface area contributed by atoms with E-state index < -0.39 is 0 Å². The number of para-hydroxylation sites is 3. The molecule has 0 amide bonds. The molecule has 0 saturated carbocycles. The fourth-order valence-corrected chi connectivity index (χ4v) is 9.31. The summed E-state index contributed by atoms with van der Waals surface area (Å²) in [6.45, 7) is 4.50. The smallest absolute Gasteiger partial charge is 0.0547 e. The van der Waals surface area contributed by atoms with E-state index >= 15 is 0 Å². The van der Waals surface area contributed by atoms with Gasteiger partial charge in [-0.05, 0) is 124 Å². The van der Waals surface area contributed by atoms with Crippen molar-refractivity contribution in [1.82, 2.24) is 9.13 Å². The van der Waals surface area contributed by atoms with Crippen molar-refractivity contribution in [1.29, 1.82) is 0 Å². The standard InChI is InChI=1S/C56H40N2/c1-37-17-9-10-24-45(37)51-36-44(35-50(38(51)2)41-21-15-20-40(33-41)39-18-5-3-6-19-39)58-53-29-14-12-26-49(53)56-46(27-16-30-54(56)58)42-31-32-48-47-25-11-13-28-52(47)57(55(48)34-42)43-22-7-4-8-23-43/h3-36H,1-2H3. The van der Waals surface area contributed by atoms with Gasteiger partial charge in [-0.25, -0.2) is 0 Å². The van der Waals surface area contributed by atoms with E-state index in [1.807, 2.05) is 0 Å². The van der Waals surface area contributed by atoms with E-state index in [9.17, 15) is 0 Å². The molecule has 2 aromatic heterocycles.